The van der Waals surface area contributed by atoms with E-state index in [4.69, 9.17) is 0 Å². The van der Waals surface area contributed by atoms with E-state index in [1.165, 1.54) is 0 Å². The number of guanidine groups is 1. The predicted octanol–water partition coefficient (Wildman–Crippen LogP) is 3.24. The molecule has 10 heteroatoms. The molecule has 1 rings (SSSR count). The maximum Gasteiger partial charge on any atom is 0.434 e. The molecule has 2 N–H and O–H groups in total. The van der Waals surface area contributed by atoms with Crippen LogP contribution in [-0.2, 0) is 12.6 Å². The van der Waals surface area contributed by atoms with Crippen molar-refractivity contribution in [2.45, 2.75) is 19.0 Å². The van der Waals surface area contributed by atoms with Crippen LogP contribution in [0.4, 0.5) is 13.2 Å². The van der Waals surface area contributed by atoms with Crippen LogP contribution in [0.1, 0.15) is 17.1 Å². The summed E-state index contributed by atoms with van der Waals surface area (Å²) in [5, 5.41) is 7.72. The topological polar surface area (TPSA) is 49.3 Å². The molecular formula is C12H20F3IN4S2. The number of thioether (sulfide) groups is 1. The fraction of sp³-hybridized carbons (Fsp3) is 0.667. The number of hydrogen-bond acceptors (Lipinski definition) is 4. The van der Waals surface area contributed by atoms with Gasteiger partial charge in [-0.25, -0.2) is 4.98 Å². The van der Waals surface area contributed by atoms with E-state index < -0.39 is 11.9 Å². The van der Waals surface area contributed by atoms with Crippen LogP contribution in [-0.4, -0.2) is 43.1 Å². The van der Waals surface area contributed by atoms with Gasteiger partial charge in [0.1, 0.15) is 0 Å². The van der Waals surface area contributed by atoms with Gasteiger partial charge in [0.2, 0.25) is 0 Å². The van der Waals surface area contributed by atoms with Gasteiger partial charge in [-0.1, -0.05) is 0 Å². The Morgan fingerprint density at radius 3 is 2.59 bits per heavy atom. The molecule has 0 saturated heterocycles. The van der Waals surface area contributed by atoms with Gasteiger partial charge in [-0.3, -0.25) is 4.99 Å². The predicted molar refractivity (Wildman–Crippen MR) is 98.6 cm³/mol. The summed E-state index contributed by atoms with van der Waals surface area (Å²) in [7, 11) is 1.66. The van der Waals surface area contributed by atoms with Gasteiger partial charge in [0, 0.05) is 31.9 Å². The van der Waals surface area contributed by atoms with Gasteiger partial charge in [-0.05, 0) is 18.4 Å². The molecule has 0 aliphatic carbocycles. The summed E-state index contributed by atoms with van der Waals surface area (Å²) in [5.41, 5.74) is -0.818. The molecule has 4 nitrogen and oxygen atoms in total. The minimum atomic E-state index is -4.36. The lowest BCUT2D eigenvalue weighted by atomic mass is 10.4. The largest absolute Gasteiger partial charge is 0.434 e. The smallest absolute Gasteiger partial charge is 0.356 e. The van der Waals surface area contributed by atoms with E-state index in [1.54, 1.807) is 18.8 Å². The van der Waals surface area contributed by atoms with Crippen LogP contribution in [0.3, 0.4) is 0 Å². The van der Waals surface area contributed by atoms with Gasteiger partial charge in [0.15, 0.2) is 11.7 Å². The highest BCUT2D eigenvalue weighted by atomic mass is 127. The number of thiazole rings is 1. The summed E-state index contributed by atoms with van der Waals surface area (Å²) >= 11 is 2.81. The van der Waals surface area contributed by atoms with Gasteiger partial charge in [0.25, 0.3) is 0 Å². The average Bonchev–Trinajstić information content (AvgIpc) is 2.90. The molecule has 1 aromatic rings. The van der Waals surface area contributed by atoms with Crippen LogP contribution < -0.4 is 10.6 Å². The molecule has 128 valence electrons. The van der Waals surface area contributed by atoms with Crippen LogP contribution in [0.2, 0.25) is 0 Å². The third-order valence-electron chi connectivity index (χ3n) is 2.51. The van der Waals surface area contributed by atoms with E-state index >= 15 is 0 Å². The minimum Gasteiger partial charge on any atom is -0.356 e. The van der Waals surface area contributed by atoms with E-state index in [2.05, 4.69) is 26.9 Å². The van der Waals surface area contributed by atoms with Gasteiger partial charge in [-0.2, -0.15) is 24.9 Å². The number of aliphatic imine (C=N–C) groups is 1. The summed E-state index contributed by atoms with van der Waals surface area (Å²) < 4.78 is 37.2. The Labute approximate surface area is 153 Å². The molecule has 22 heavy (non-hydrogen) atoms. The van der Waals surface area contributed by atoms with Crippen molar-refractivity contribution in [3.8, 4) is 0 Å². The number of nitrogens with zero attached hydrogens (tertiary/aromatic N) is 2. The van der Waals surface area contributed by atoms with Crippen molar-refractivity contribution in [3.05, 3.63) is 16.1 Å². The molecule has 0 amide bonds. The molecule has 0 aromatic carbocycles. The number of halogens is 4. The molecule has 0 aliphatic rings. The standard InChI is InChI=1S/C12H19F3N4S2.HI/c1-16-11(17-5-3-7-20-2)18-6-4-10-19-9(8-21-10)12(13,14)15;/h8H,3-7H2,1-2H3,(H2,16,17,18);1H. The Morgan fingerprint density at radius 1 is 1.36 bits per heavy atom. The summed E-state index contributed by atoms with van der Waals surface area (Å²) in [6.45, 7) is 1.31. The summed E-state index contributed by atoms with van der Waals surface area (Å²) in [6, 6.07) is 0. The van der Waals surface area contributed by atoms with Crippen LogP contribution in [0.25, 0.3) is 0 Å². The molecule has 1 heterocycles. The number of rotatable bonds is 7. The monoisotopic (exact) mass is 468 g/mol. The number of nitrogens with one attached hydrogen (secondary N) is 2. The number of aromatic nitrogens is 1. The van der Waals surface area contributed by atoms with Crippen LogP contribution in [0.5, 0.6) is 0 Å². The van der Waals surface area contributed by atoms with Gasteiger partial charge < -0.3 is 10.6 Å². The van der Waals surface area contributed by atoms with E-state index in [9.17, 15) is 13.2 Å². The highest BCUT2D eigenvalue weighted by molar-refractivity contribution is 14.0. The second-order valence-corrected chi connectivity index (χ2v) is 6.07. The van der Waals surface area contributed by atoms with Crippen molar-refractivity contribution in [2.24, 2.45) is 4.99 Å². The Bertz CT molecular complexity index is 452. The lowest BCUT2D eigenvalue weighted by Crippen LogP contribution is -2.38. The first-order chi connectivity index (χ1) is 9.97. The fourth-order valence-corrected chi connectivity index (χ4v) is 2.73. The van der Waals surface area contributed by atoms with Crippen molar-refractivity contribution in [3.63, 3.8) is 0 Å². The highest BCUT2D eigenvalue weighted by Gasteiger charge is 2.33. The van der Waals surface area contributed by atoms with Crippen molar-refractivity contribution in [1.82, 2.24) is 15.6 Å². The zero-order valence-electron chi connectivity index (χ0n) is 12.4. The molecule has 0 radical (unpaired) electrons. The maximum absolute atomic E-state index is 12.4. The van der Waals surface area contributed by atoms with Crippen LogP contribution >= 0.6 is 47.1 Å². The molecule has 0 bridgehead atoms. The maximum atomic E-state index is 12.4. The highest BCUT2D eigenvalue weighted by Crippen LogP contribution is 2.29. The quantitative estimate of drug-likeness (QED) is 0.279. The first kappa shape index (κ1) is 21.8. The zero-order chi connectivity index (χ0) is 15.7. The second-order valence-electron chi connectivity index (χ2n) is 4.15. The molecule has 0 unspecified atom stereocenters. The summed E-state index contributed by atoms with van der Waals surface area (Å²) in [6.07, 6.45) is -0.844. The van der Waals surface area contributed by atoms with Gasteiger partial charge in [-0.15, -0.1) is 35.3 Å². The first-order valence-corrected chi connectivity index (χ1v) is 8.69. The molecular weight excluding hydrogens is 448 g/mol. The van der Waals surface area contributed by atoms with Crippen LogP contribution in [0.15, 0.2) is 10.4 Å². The Morgan fingerprint density at radius 2 is 2.05 bits per heavy atom. The van der Waals surface area contributed by atoms with Crippen molar-refractivity contribution in [2.75, 3.05) is 32.1 Å². The summed E-state index contributed by atoms with van der Waals surface area (Å²) in [5.74, 6) is 1.73. The van der Waals surface area contributed by atoms with Gasteiger partial charge >= 0.3 is 6.18 Å². The molecule has 0 aliphatic heterocycles. The molecule has 0 atom stereocenters. The molecule has 0 saturated carbocycles. The molecule has 0 fully saturated rings. The normalized spacial score (nSPS) is 12.0. The Balaban J connectivity index is 0.00000441. The molecule has 0 spiro atoms. The third-order valence-corrected chi connectivity index (χ3v) is 4.12. The number of hydrogen-bond donors (Lipinski definition) is 2. The molecule has 1 aromatic heterocycles. The minimum absolute atomic E-state index is 0. The summed E-state index contributed by atoms with van der Waals surface area (Å²) in [4.78, 5) is 7.63. The Hall–Kier alpha value is -0.230. The third kappa shape index (κ3) is 8.42. The fourth-order valence-electron chi connectivity index (χ4n) is 1.49. The lowest BCUT2D eigenvalue weighted by Gasteiger charge is -2.10. The SMILES string of the molecule is CN=C(NCCCSC)NCCc1nc(C(F)(F)F)cs1.I. The zero-order valence-corrected chi connectivity index (χ0v) is 16.3. The lowest BCUT2D eigenvalue weighted by molar-refractivity contribution is -0.140. The van der Waals surface area contributed by atoms with Crippen molar-refractivity contribution >= 4 is 53.0 Å². The second kappa shape index (κ2) is 11.3. The van der Waals surface area contributed by atoms with E-state index in [0.29, 0.717) is 23.9 Å². The van der Waals surface area contributed by atoms with E-state index in [0.717, 1.165) is 35.4 Å². The van der Waals surface area contributed by atoms with Crippen LogP contribution in [0, 0.1) is 0 Å². The first-order valence-electron chi connectivity index (χ1n) is 6.42. The van der Waals surface area contributed by atoms with Gasteiger partial charge in [0.05, 0.1) is 5.01 Å². The Kier molecular flexibility index (Phi) is 11.2. The van der Waals surface area contributed by atoms with Crippen molar-refractivity contribution < 1.29 is 13.2 Å². The average molecular weight is 468 g/mol. The van der Waals surface area contributed by atoms with Crippen molar-refractivity contribution in [1.29, 1.82) is 0 Å². The van der Waals surface area contributed by atoms with E-state index in [1.807, 2.05) is 0 Å². The van der Waals surface area contributed by atoms with E-state index in [-0.39, 0.29) is 24.0 Å². The number of alkyl halides is 3.